The van der Waals surface area contributed by atoms with Crippen LogP contribution in [0.1, 0.15) is 24.5 Å². The zero-order valence-corrected chi connectivity index (χ0v) is 19.2. The molecule has 7 nitrogen and oxygen atoms in total. The number of carbonyl (C=O) groups is 3. The summed E-state index contributed by atoms with van der Waals surface area (Å²) in [5.41, 5.74) is 1.78. The van der Waals surface area contributed by atoms with Gasteiger partial charge in [-0.15, -0.1) is 0 Å². The minimum Gasteiger partial charge on any atom is -0.497 e. The van der Waals surface area contributed by atoms with Crippen molar-refractivity contribution >= 4 is 40.9 Å². The summed E-state index contributed by atoms with van der Waals surface area (Å²) in [4.78, 5) is 40.8. The lowest BCUT2D eigenvalue weighted by Gasteiger charge is -2.30. The van der Waals surface area contributed by atoms with Gasteiger partial charge in [-0.2, -0.15) is 0 Å². The fourth-order valence-corrected chi connectivity index (χ4v) is 5.66. The van der Waals surface area contributed by atoms with Crippen LogP contribution in [0.25, 0.3) is 0 Å². The maximum Gasteiger partial charge on any atom is 0.344 e. The summed E-state index contributed by atoms with van der Waals surface area (Å²) in [6, 6.07) is 23.1. The Morgan fingerprint density at radius 1 is 1.00 bits per heavy atom. The smallest absolute Gasteiger partial charge is 0.344 e. The van der Waals surface area contributed by atoms with E-state index in [1.807, 2.05) is 30.3 Å². The molecule has 2 amide bonds. The molecule has 172 valence electrons. The number of hydrogen-bond acceptors (Lipinski definition) is 6. The van der Waals surface area contributed by atoms with Crippen LogP contribution < -0.4 is 15.0 Å². The third kappa shape index (κ3) is 3.80. The number of fused-ring (bicyclic) bond motifs is 3. The molecule has 0 bridgehead atoms. The van der Waals surface area contributed by atoms with Gasteiger partial charge in [0.1, 0.15) is 5.75 Å². The number of ether oxygens (including phenoxy) is 2. The van der Waals surface area contributed by atoms with Crippen molar-refractivity contribution < 1.29 is 23.9 Å². The molecule has 5 rings (SSSR count). The van der Waals surface area contributed by atoms with Crippen molar-refractivity contribution in [3.8, 4) is 5.75 Å². The first-order valence-electron chi connectivity index (χ1n) is 10.8. The van der Waals surface area contributed by atoms with E-state index in [1.54, 1.807) is 55.6 Å². The molecule has 0 radical (unpaired) electrons. The molecule has 2 atom stereocenters. The Morgan fingerprint density at radius 2 is 1.71 bits per heavy atom. The summed E-state index contributed by atoms with van der Waals surface area (Å²) in [5.74, 6) is -0.573. The minimum absolute atomic E-state index is 0.131. The monoisotopic (exact) mass is 474 g/mol. The maximum absolute atomic E-state index is 13.7. The summed E-state index contributed by atoms with van der Waals surface area (Å²) in [6.07, 6.45) is -0.636. The number of hydrogen-bond donors (Lipinski definition) is 1. The van der Waals surface area contributed by atoms with Crippen LogP contribution in [0.5, 0.6) is 5.75 Å². The number of benzene rings is 3. The predicted molar refractivity (Wildman–Crippen MR) is 129 cm³/mol. The minimum atomic E-state index is -1.21. The number of nitrogens with one attached hydrogen (secondary N) is 1. The molecule has 0 saturated carbocycles. The van der Waals surface area contributed by atoms with Gasteiger partial charge >= 0.3 is 5.97 Å². The van der Waals surface area contributed by atoms with Crippen LogP contribution in [0.4, 0.5) is 11.4 Å². The van der Waals surface area contributed by atoms with E-state index in [-0.39, 0.29) is 12.3 Å². The predicted octanol–water partition coefficient (Wildman–Crippen LogP) is 4.55. The number of methoxy groups -OCH3 is 1. The molecule has 3 aromatic carbocycles. The Labute approximate surface area is 201 Å². The number of para-hydroxylation sites is 1. The standard InChI is InChI=1S/C26H22N2O5S/c1-32-19-13-11-18(12-14-19)27-24(30)23(17-7-3-2-4-8-17)33-25(31)26-16-15-22(29)28(26)20-9-5-6-10-21(20)34-26/h2-14,23H,15-16H2,1H3,(H,27,30)/t23-,26+/m1/s1. The summed E-state index contributed by atoms with van der Waals surface area (Å²) >= 11 is 1.31. The maximum atomic E-state index is 13.7. The second-order valence-electron chi connectivity index (χ2n) is 8.00. The highest BCUT2D eigenvalue weighted by atomic mass is 32.2. The van der Waals surface area contributed by atoms with E-state index in [1.165, 1.54) is 16.7 Å². The highest BCUT2D eigenvalue weighted by molar-refractivity contribution is 8.02. The average molecular weight is 475 g/mol. The van der Waals surface area contributed by atoms with Crippen molar-refractivity contribution in [1.82, 2.24) is 0 Å². The van der Waals surface area contributed by atoms with Crippen LogP contribution in [0.3, 0.4) is 0 Å². The Balaban J connectivity index is 1.43. The van der Waals surface area contributed by atoms with Crippen molar-refractivity contribution in [3.63, 3.8) is 0 Å². The molecule has 2 heterocycles. The number of anilines is 2. The van der Waals surface area contributed by atoms with Gasteiger partial charge in [-0.25, -0.2) is 4.79 Å². The molecule has 8 heteroatoms. The van der Waals surface area contributed by atoms with Crippen LogP contribution in [-0.4, -0.2) is 29.8 Å². The van der Waals surface area contributed by atoms with Gasteiger partial charge in [-0.1, -0.05) is 54.2 Å². The SMILES string of the molecule is COc1ccc(NC(=O)[C@H](OC(=O)[C@@]23CCC(=O)N2c2ccccc2S3)c2ccccc2)cc1. The molecular formula is C26H22N2O5S. The first-order chi connectivity index (χ1) is 16.5. The van der Waals surface area contributed by atoms with E-state index in [0.717, 1.165) is 4.90 Å². The van der Waals surface area contributed by atoms with Gasteiger partial charge in [0.05, 0.1) is 12.8 Å². The van der Waals surface area contributed by atoms with Gasteiger partial charge in [0.2, 0.25) is 12.0 Å². The molecule has 2 aliphatic rings. The van der Waals surface area contributed by atoms with Crippen LogP contribution >= 0.6 is 11.8 Å². The molecule has 3 aromatic rings. The topological polar surface area (TPSA) is 84.9 Å². The number of rotatable bonds is 6. The van der Waals surface area contributed by atoms with Crippen molar-refractivity contribution in [2.45, 2.75) is 28.7 Å². The molecule has 1 saturated heterocycles. The highest BCUT2D eigenvalue weighted by Crippen LogP contribution is 2.56. The fraction of sp³-hybridized carbons (Fsp3) is 0.192. The molecule has 0 spiro atoms. The van der Waals surface area contributed by atoms with Crippen LogP contribution in [-0.2, 0) is 19.1 Å². The Morgan fingerprint density at radius 3 is 2.44 bits per heavy atom. The lowest BCUT2D eigenvalue weighted by Crippen LogP contribution is -2.48. The van der Waals surface area contributed by atoms with Crippen molar-refractivity contribution in [3.05, 3.63) is 84.4 Å². The van der Waals surface area contributed by atoms with Crippen LogP contribution in [0.15, 0.2) is 83.8 Å². The lowest BCUT2D eigenvalue weighted by atomic mass is 10.1. The fourth-order valence-electron chi connectivity index (χ4n) is 4.25. The second-order valence-corrected chi connectivity index (χ2v) is 9.32. The number of nitrogens with zero attached hydrogens (tertiary/aromatic N) is 1. The van der Waals surface area contributed by atoms with Gasteiger partial charge in [-0.3, -0.25) is 14.5 Å². The molecule has 1 fully saturated rings. The van der Waals surface area contributed by atoms with E-state index in [9.17, 15) is 14.4 Å². The lowest BCUT2D eigenvalue weighted by molar-refractivity contribution is -0.157. The van der Waals surface area contributed by atoms with Gasteiger partial charge in [0, 0.05) is 29.0 Å². The first-order valence-corrected chi connectivity index (χ1v) is 11.7. The highest BCUT2D eigenvalue weighted by Gasteiger charge is 2.59. The zero-order chi connectivity index (χ0) is 23.7. The molecular weight excluding hydrogens is 452 g/mol. The van der Waals surface area contributed by atoms with E-state index in [4.69, 9.17) is 9.47 Å². The third-order valence-electron chi connectivity index (χ3n) is 5.92. The molecule has 0 unspecified atom stereocenters. The van der Waals surface area contributed by atoms with Crippen molar-refractivity contribution in [1.29, 1.82) is 0 Å². The molecule has 1 N–H and O–H groups in total. The zero-order valence-electron chi connectivity index (χ0n) is 18.4. The number of amides is 2. The Bertz CT molecular complexity index is 1250. The van der Waals surface area contributed by atoms with Crippen molar-refractivity contribution in [2.24, 2.45) is 0 Å². The molecule has 0 aliphatic carbocycles. The average Bonchev–Trinajstić information content (AvgIpc) is 3.39. The van der Waals surface area contributed by atoms with Gasteiger partial charge in [-0.05, 0) is 36.4 Å². The summed E-state index contributed by atoms with van der Waals surface area (Å²) in [7, 11) is 1.56. The van der Waals surface area contributed by atoms with Crippen molar-refractivity contribution in [2.75, 3.05) is 17.3 Å². The van der Waals surface area contributed by atoms with Crippen LogP contribution in [0.2, 0.25) is 0 Å². The summed E-state index contributed by atoms with van der Waals surface area (Å²) in [5, 5.41) is 2.81. The van der Waals surface area contributed by atoms with E-state index in [0.29, 0.717) is 29.1 Å². The number of thioether (sulfide) groups is 1. The summed E-state index contributed by atoms with van der Waals surface area (Å²) < 4.78 is 11.1. The van der Waals surface area contributed by atoms with E-state index >= 15 is 0 Å². The molecule has 34 heavy (non-hydrogen) atoms. The quantitative estimate of drug-likeness (QED) is 0.528. The number of esters is 1. The first kappa shape index (κ1) is 22.0. The Hall–Kier alpha value is -3.78. The summed E-state index contributed by atoms with van der Waals surface area (Å²) in [6.45, 7) is 0. The Kier molecular flexibility index (Phi) is 5.75. The second kappa shape index (κ2) is 8.87. The molecule has 0 aromatic heterocycles. The number of carbonyl (C=O) groups excluding carboxylic acids is 3. The van der Waals surface area contributed by atoms with E-state index in [2.05, 4.69) is 5.32 Å². The molecule has 2 aliphatic heterocycles. The third-order valence-corrected chi connectivity index (χ3v) is 7.37. The van der Waals surface area contributed by atoms with Gasteiger partial charge < -0.3 is 14.8 Å². The normalized spacial score (nSPS) is 19.2. The van der Waals surface area contributed by atoms with Gasteiger partial charge in [0.15, 0.2) is 4.87 Å². The van der Waals surface area contributed by atoms with E-state index < -0.39 is 22.9 Å². The largest absolute Gasteiger partial charge is 0.497 e. The van der Waals surface area contributed by atoms with Gasteiger partial charge in [0.25, 0.3) is 5.91 Å². The van der Waals surface area contributed by atoms with Crippen LogP contribution in [0, 0.1) is 0 Å².